The number of nitrogens with zero attached hydrogens (tertiary/aromatic N) is 3. The lowest BCUT2D eigenvalue weighted by Crippen LogP contribution is -2.54. The summed E-state index contributed by atoms with van der Waals surface area (Å²) in [6.07, 6.45) is 1.93. The number of aromatic nitrogens is 2. The van der Waals surface area contributed by atoms with Crippen LogP contribution in [0.2, 0.25) is 0 Å². The third kappa shape index (κ3) is 3.46. The SMILES string of the molecule is CCCNc1nc(CC)nc(N2CCOCC2(C)C)c1C. The molecule has 0 amide bonds. The summed E-state index contributed by atoms with van der Waals surface area (Å²) in [5.41, 5.74) is 1.10. The van der Waals surface area contributed by atoms with E-state index in [2.05, 4.69) is 49.8 Å². The van der Waals surface area contributed by atoms with Crippen molar-refractivity contribution in [3.63, 3.8) is 0 Å². The molecule has 2 heterocycles. The molecule has 1 aliphatic rings. The van der Waals surface area contributed by atoms with Crippen molar-refractivity contribution in [2.45, 2.75) is 53.0 Å². The van der Waals surface area contributed by atoms with Gasteiger partial charge >= 0.3 is 0 Å². The van der Waals surface area contributed by atoms with Gasteiger partial charge in [-0.15, -0.1) is 0 Å². The van der Waals surface area contributed by atoms with Crippen LogP contribution in [0.3, 0.4) is 0 Å². The molecule has 0 spiro atoms. The fourth-order valence-corrected chi connectivity index (χ4v) is 2.64. The van der Waals surface area contributed by atoms with E-state index < -0.39 is 0 Å². The van der Waals surface area contributed by atoms with Gasteiger partial charge in [0.15, 0.2) is 0 Å². The molecule has 2 rings (SSSR count). The summed E-state index contributed by atoms with van der Waals surface area (Å²) in [4.78, 5) is 11.8. The summed E-state index contributed by atoms with van der Waals surface area (Å²) >= 11 is 0. The molecule has 21 heavy (non-hydrogen) atoms. The summed E-state index contributed by atoms with van der Waals surface area (Å²) < 4.78 is 5.63. The lowest BCUT2D eigenvalue weighted by molar-refractivity contribution is 0.0638. The molecular formula is C16H28N4O. The van der Waals surface area contributed by atoms with E-state index in [0.29, 0.717) is 0 Å². The number of morpholine rings is 1. The molecule has 1 aromatic heterocycles. The highest BCUT2D eigenvalue weighted by Gasteiger charge is 2.33. The number of aryl methyl sites for hydroxylation is 1. The predicted octanol–water partition coefficient (Wildman–Crippen LogP) is 2.78. The number of ether oxygens (including phenoxy) is 1. The first kappa shape index (κ1) is 16.0. The van der Waals surface area contributed by atoms with Gasteiger partial charge in [0.05, 0.1) is 18.8 Å². The van der Waals surface area contributed by atoms with Crippen molar-refractivity contribution in [2.24, 2.45) is 0 Å². The Morgan fingerprint density at radius 1 is 1.29 bits per heavy atom. The van der Waals surface area contributed by atoms with Crippen molar-refractivity contribution in [3.05, 3.63) is 11.4 Å². The molecule has 0 atom stereocenters. The van der Waals surface area contributed by atoms with Gasteiger partial charge in [0.1, 0.15) is 17.5 Å². The summed E-state index contributed by atoms with van der Waals surface area (Å²) in [5, 5.41) is 3.44. The molecule has 5 nitrogen and oxygen atoms in total. The Hall–Kier alpha value is -1.36. The molecule has 1 N–H and O–H groups in total. The predicted molar refractivity (Wildman–Crippen MR) is 87.2 cm³/mol. The minimum absolute atomic E-state index is 0.0373. The molecule has 0 unspecified atom stereocenters. The van der Waals surface area contributed by atoms with Crippen molar-refractivity contribution in [2.75, 3.05) is 36.5 Å². The third-order valence-electron chi connectivity index (χ3n) is 3.93. The third-order valence-corrected chi connectivity index (χ3v) is 3.93. The molecule has 0 saturated carbocycles. The molecule has 1 saturated heterocycles. The lowest BCUT2D eigenvalue weighted by Gasteiger charge is -2.43. The van der Waals surface area contributed by atoms with E-state index in [9.17, 15) is 0 Å². The minimum atomic E-state index is -0.0373. The van der Waals surface area contributed by atoms with Crippen LogP contribution in [0, 0.1) is 6.92 Å². The van der Waals surface area contributed by atoms with Gasteiger partial charge in [-0.25, -0.2) is 9.97 Å². The van der Waals surface area contributed by atoms with E-state index in [1.807, 2.05) is 0 Å². The monoisotopic (exact) mass is 292 g/mol. The van der Waals surface area contributed by atoms with E-state index in [1.54, 1.807) is 0 Å². The molecule has 0 aromatic carbocycles. The van der Waals surface area contributed by atoms with Gasteiger partial charge in [-0.3, -0.25) is 0 Å². The first-order valence-corrected chi connectivity index (χ1v) is 7.96. The zero-order chi connectivity index (χ0) is 15.5. The smallest absolute Gasteiger partial charge is 0.137 e. The Kier molecular flexibility index (Phi) is 5.04. The van der Waals surface area contributed by atoms with Crippen LogP contribution in [0.1, 0.15) is 45.5 Å². The molecular weight excluding hydrogens is 264 g/mol. The number of rotatable bonds is 5. The van der Waals surface area contributed by atoms with E-state index in [1.165, 1.54) is 0 Å². The van der Waals surface area contributed by atoms with Crippen LogP contribution in [-0.2, 0) is 11.2 Å². The largest absolute Gasteiger partial charge is 0.377 e. The number of hydrogen-bond donors (Lipinski definition) is 1. The lowest BCUT2D eigenvalue weighted by atomic mass is 10.0. The topological polar surface area (TPSA) is 50.3 Å². The molecule has 0 aliphatic carbocycles. The highest BCUT2D eigenvalue weighted by atomic mass is 16.5. The van der Waals surface area contributed by atoms with Crippen LogP contribution in [0.5, 0.6) is 0 Å². The Morgan fingerprint density at radius 2 is 2.05 bits per heavy atom. The average molecular weight is 292 g/mol. The maximum atomic E-state index is 5.63. The summed E-state index contributed by atoms with van der Waals surface area (Å²) in [5.74, 6) is 2.92. The Morgan fingerprint density at radius 3 is 2.67 bits per heavy atom. The summed E-state index contributed by atoms with van der Waals surface area (Å²) in [6, 6.07) is 0. The second-order valence-corrected chi connectivity index (χ2v) is 6.23. The van der Waals surface area contributed by atoms with Gasteiger partial charge in [0.2, 0.25) is 0 Å². The number of hydrogen-bond acceptors (Lipinski definition) is 5. The zero-order valence-corrected chi connectivity index (χ0v) is 14.0. The molecule has 0 bridgehead atoms. The quantitative estimate of drug-likeness (QED) is 0.904. The first-order valence-electron chi connectivity index (χ1n) is 7.96. The van der Waals surface area contributed by atoms with E-state index in [0.717, 1.165) is 62.2 Å². The van der Waals surface area contributed by atoms with Gasteiger partial charge in [0.25, 0.3) is 0 Å². The maximum absolute atomic E-state index is 5.63. The second kappa shape index (κ2) is 6.60. The van der Waals surface area contributed by atoms with Crippen LogP contribution in [0.4, 0.5) is 11.6 Å². The zero-order valence-electron chi connectivity index (χ0n) is 14.0. The fourth-order valence-electron chi connectivity index (χ4n) is 2.64. The van der Waals surface area contributed by atoms with Crippen molar-refractivity contribution in [3.8, 4) is 0 Å². The second-order valence-electron chi connectivity index (χ2n) is 6.23. The molecule has 0 radical (unpaired) electrons. The highest BCUT2D eigenvalue weighted by Crippen LogP contribution is 2.31. The molecule has 118 valence electrons. The van der Waals surface area contributed by atoms with E-state index in [-0.39, 0.29) is 5.54 Å². The molecule has 5 heteroatoms. The van der Waals surface area contributed by atoms with Gasteiger partial charge in [0, 0.05) is 25.1 Å². The van der Waals surface area contributed by atoms with Gasteiger partial charge in [-0.05, 0) is 27.2 Å². The van der Waals surface area contributed by atoms with Crippen LogP contribution < -0.4 is 10.2 Å². The highest BCUT2D eigenvalue weighted by molar-refractivity contribution is 5.60. The van der Waals surface area contributed by atoms with Crippen LogP contribution in [0.25, 0.3) is 0 Å². The Labute approximate surface area is 128 Å². The Balaban J connectivity index is 2.41. The van der Waals surface area contributed by atoms with Crippen LogP contribution in [0.15, 0.2) is 0 Å². The number of anilines is 2. The number of nitrogens with one attached hydrogen (secondary N) is 1. The van der Waals surface area contributed by atoms with Gasteiger partial charge in [-0.2, -0.15) is 0 Å². The van der Waals surface area contributed by atoms with Crippen molar-refractivity contribution in [1.29, 1.82) is 0 Å². The van der Waals surface area contributed by atoms with E-state index >= 15 is 0 Å². The van der Waals surface area contributed by atoms with E-state index in [4.69, 9.17) is 9.72 Å². The summed E-state index contributed by atoms with van der Waals surface area (Å²) in [7, 11) is 0. The van der Waals surface area contributed by atoms with Crippen molar-refractivity contribution >= 4 is 11.6 Å². The standard InChI is InChI=1S/C16H28N4O/c1-6-8-17-14-12(3)15(19-13(7-2)18-14)20-9-10-21-11-16(20,4)5/h6-11H2,1-5H3,(H,17,18,19). The average Bonchev–Trinajstić information content (AvgIpc) is 2.46. The van der Waals surface area contributed by atoms with Crippen LogP contribution in [-0.4, -0.2) is 41.8 Å². The van der Waals surface area contributed by atoms with Crippen LogP contribution >= 0.6 is 0 Å². The van der Waals surface area contributed by atoms with Gasteiger partial charge in [-0.1, -0.05) is 13.8 Å². The van der Waals surface area contributed by atoms with Crippen molar-refractivity contribution < 1.29 is 4.74 Å². The first-order chi connectivity index (χ1) is 9.99. The molecule has 1 aromatic rings. The summed E-state index contributed by atoms with van der Waals surface area (Å²) in [6.45, 7) is 14.1. The molecule has 1 fully saturated rings. The minimum Gasteiger partial charge on any atom is -0.377 e. The maximum Gasteiger partial charge on any atom is 0.137 e. The Bertz CT molecular complexity index is 487. The van der Waals surface area contributed by atoms with Gasteiger partial charge < -0.3 is 15.0 Å². The fraction of sp³-hybridized carbons (Fsp3) is 0.750. The molecule has 1 aliphatic heterocycles. The normalized spacial score (nSPS) is 17.9. The van der Waals surface area contributed by atoms with Crippen molar-refractivity contribution in [1.82, 2.24) is 9.97 Å².